The molecule has 19 heavy (non-hydrogen) atoms. The maximum atomic E-state index is 5.21. The van der Waals surface area contributed by atoms with Crippen LogP contribution in [0.1, 0.15) is 25.0 Å². The van der Waals surface area contributed by atoms with Crippen LogP contribution in [0.5, 0.6) is 5.88 Å². The van der Waals surface area contributed by atoms with Crippen LogP contribution in [-0.2, 0) is 0 Å². The Kier molecular flexibility index (Phi) is 4.96. The molecule has 106 valence electrons. The van der Waals surface area contributed by atoms with E-state index in [1.165, 1.54) is 19.3 Å². The molecule has 0 atom stereocenters. The van der Waals surface area contributed by atoms with Crippen LogP contribution in [0.4, 0.5) is 5.95 Å². The van der Waals surface area contributed by atoms with E-state index in [2.05, 4.69) is 20.2 Å². The van der Waals surface area contributed by atoms with Gasteiger partial charge in [0.1, 0.15) is 0 Å². The molecule has 5 nitrogen and oxygen atoms in total. The Balaban J connectivity index is 1.95. The maximum absolute atomic E-state index is 5.21. The molecule has 1 fully saturated rings. The summed E-state index contributed by atoms with van der Waals surface area (Å²) in [4.78, 5) is 11.2. The number of methoxy groups -OCH3 is 1. The highest BCUT2D eigenvalue weighted by molar-refractivity contribution is 5.34. The molecule has 0 unspecified atom stereocenters. The highest BCUT2D eigenvalue weighted by atomic mass is 16.5. The molecule has 0 radical (unpaired) electrons. The van der Waals surface area contributed by atoms with E-state index < -0.39 is 0 Å². The number of piperidine rings is 1. The molecular weight excluding hydrogens is 240 g/mol. The van der Waals surface area contributed by atoms with E-state index in [0.29, 0.717) is 5.88 Å². The van der Waals surface area contributed by atoms with Gasteiger partial charge in [0.05, 0.1) is 7.11 Å². The van der Waals surface area contributed by atoms with Gasteiger partial charge in [0, 0.05) is 24.8 Å². The monoisotopic (exact) mass is 264 g/mol. The number of nitrogens with zero attached hydrogens (tertiary/aromatic N) is 3. The Morgan fingerprint density at radius 1 is 1.37 bits per heavy atom. The predicted octanol–water partition coefficient (Wildman–Crippen LogP) is 1.62. The van der Waals surface area contributed by atoms with Gasteiger partial charge in [-0.15, -0.1) is 0 Å². The van der Waals surface area contributed by atoms with Crippen molar-refractivity contribution in [2.45, 2.75) is 26.2 Å². The van der Waals surface area contributed by atoms with Crippen molar-refractivity contribution >= 4 is 5.95 Å². The summed E-state index contributed by atoms with van der Waals surface area (Å²) in [5.74, 6) is 2.29. The van der Waals surface area contributed by atoms with Crippen LogP contribution in [-0.4, -0.2) is 43.8 Å². The number of aromatic nitrogens is 2. The molecule has 1 aromatic heterocycles. The molecule has 1 aromatic rings. The second kappa shape index (κ2) is 6.70. The van der Waals surface area contributed by atoms with Crippen molar-refractivity contribution in [1.29, 1.82) is 0 Å². The van der Waals surface area contributed by atoms with E-state index in [1.807, 2.05) is 20.0 Å². The average Bonchev–Trinajstić information content (AvgIpc) is 2.45. The van der Waals surface area contributed by atoms with Crippen LogP contribution in [0.2, 0.25) is 0 Å². The summed E-state index contributed by atoms with van der Waals surface area (Å²) < 4.78 is 5.21. The molecule has 1 aliphatic rings. The van der Waals surface area contributed by atoms with Crippen molar-refractivity contribution in [3.05, 3.63) is 11.8 Å². The number of ether oxygens (including phenoxy) is 1. The van der Waals surface area contributed by atoms with Crippen LogP contribution in [0, 0.1) is 12.8 Å². The number of anilines is 1. The fourth-order valence-corrected chi connectivity index (χ4v) is 2.54. The van der Waals surface area contributed by atoms with Gasteiger partial charge in [-0.25, -0.2) is 4.98 Å². The minimum atomic E-state index is 0.653. The van der Waals surface area contributed by atoms with E-state index in [0.717, 1.165) is 37.2 Å². The molecule has 0 aliphatic carbocycles. The maximum Gasteiger partial charge on any atom is 0.228 e. The molecule has 0 saturated carbocycles. The van der Waals surface area contributed by atoms with E-state index in [1.54, 1.807) is 7.11 Å². The summed E-state index contributed by atoms with van der Waals surface area (Å²) in [5, 5.41) is 3.23. The quantitative estimate of drug-likeness (QED) is 0.876. The third kappa shape index (κ3) is 3.80. The number of rotatable bonds is 5. The van der Waals surface area contributed by atoms with Crippen LogP contribution >= 0.6 is 0 Å². The summed E-state index contributed by atoms with van der Waals surface area (Å²) in [7, 11) is 3.66. The topological polar surface area (TPSA) is 50.3 Å². The Hall–Kier alpha value is -1.36. The van der Waals surface area contributed by atoms with Gasteiger partial charge in [-0.2, -0.15) is 4.98 Å². The molecule has 1 aliphatic heterocycles. The van der Waals surface area contributed by atoms with Crippen LogP contribution in [0.25, 0.3) is 0 Å². The first-order chi connectivity index (χ1) is 9.22. The molecule has 0 spiro atoms. The minimum absolute atomic E-state index is 0.653. The standard InChI is InChI=1S/C14H24N4O/c1-11-10-13(19-3)17-14(16-11)18-8-5-12(6-9-18)4-7-15-2/h10,12,15H,4-9H2,1-3H3. The van der Waals surface area contributed by atoms with Gasteiger partial charge in [-0.3, -0.25) is 0 Å². The summed E-state index contributed by atoms with van der Waals surface area (Å²) in [6.07, 6.45) is 3.71. The lowest BCUT2D eigenvalue weighted by Gasteiger charge is -2.32. The molecular formula is C14H24N4O. The third-order valence-electron chi connectivity index (χ3n) is 3.73. The fraction of sp³-hybridized carbons (Fsp3) is 0.714. The predicted molar refractivity (Wildman–Crippen MR) is 76.8 cm³/mol. The first-order valence-corrected chi connectivity index (χ1v) is 7.02. The van der Waals surface area contributed by atoms with Gasteiger partial charge >= 0.3 is 0 Å². The lowest BCUT2D eigenvalue weighted by atomic mass is 9.94. The summed E-state index contributed by atoms with van der Waals surface area (Å²) in [6.45, 7) is 5.18. The summed E-state index contributed by atoms with van der Waals surface area (Å²) >= 11 is 0. The second-order valence-corrected chi connectivity index (χ2v) is 5.17. The Bertz CT molecular complexity index is 402. The van der Waals surface area contributed by atoms with Crippen LogP contribution in [0.3, 0.4) is 0 Å². The lowest BCUT2D eigenvalue weighted by Crippen LogP contribution is -2.35. The zero-order chi connectivity index (χ0) is 13.7. The van der Waals surface area contributed by atoms with E-state index >= 15 is 0 Å². The first kappa shape index (κ1) is 14.1. The molecule has 0 aromatic carbocycles. The number of hydrogen-bond donors (Lipinski definition) is 1. The normalized spacial score (nSPS) is 16.7. The van der Waals surface area contributed by atoms with Crippen molar-refractivity contribution in [2.75, 3.05) is 38.7 Å². The highest BCUT2D eigenvalue weighted by Gasteiger charge is 2.21. The fourth-order valence-electron chi connectivity index (χ4n) is 2.54. The SMILES string of the molecule is CNCCC1CCN(c2nc(C)cc(OC)n2)CC1. The minimum Gasteiger partial charge on any atom is -0.481 e. The van der Waals surface area contributed by atoms with Crippen molar-refractivity contribution in [1.82, 2.24) is 15.3 Å². The van der Waals surface area contributed by atoms with Gasteiger partial charge in [0.2, 0.25) is 11.8 Å². The number of aryl methyl sites for hydroxylation is 1. The van der Waals surface area contributed by atoms with Gasteiger partial charge in [-0.1, -0.05) is 0 Å². The second-order valence-electron chi connectivity index (χ2n) is 5.17. The summed E-state index contributed by atoms with van der Waals surface area (Å²) in [5.41, 5.74) is 0.958. The van der Waals surface area contributed by atoms with Crippen molar-refractivity contribution < 1.29 is 4.74 Å². The van der Waals surface area contributed by atoms with E-state index in [4.69, 9.17) is 4.74 Å². The van der Waals surface area contributed by atoms with E-state index in [9.17, 15) is 0 Å². The van der Waals surface area contributed by atoms with E-state index in [-0.39, 0.29) is 0 Å². The highest BCUT2D eigenvalue weighted by Crippen LogP contribution is 2.24. The van der Waals surface area contributed by atoms with Crippen LogP contribution < -0.4 is 15.0 Å². The average molecular weight is 264 g/mol. The zero-order valence-electron chi connectivity index (χ0n) is 12.1. The Morgan fingerprint density at radius 3 is 2.74 bits per heavy atom. The Labute approximate surface area is 115 Å². The first-order valence-electron chi connectivity index (χ1n) is 7.02. The zero-order valence-corrected chi connectivity index (χ0v) is 12.1. The summed E-state index contributed by atoms with van der Waals surface area (Å²) in [6, 6.07) is 1.86. The smallest absolute Gasteiger partial charge is 0.228 e. The molecule has 5 heteroatoms. The van der Waals surface area contributed by atoms with Crippen LogP contribution in [0.15, 0.2) is 6.07 Å². The molecule has 0 amide bonds. The van der Waals surface area contributed by atoms with Crippen molar-refractivity contribution in [3.8, 4) is 5.88 Å². The molecule has 1 N–H and O–H groups in total. The molecule has 0 bridgehead atoms. The molecule has 1 saturated heterocycles. The lowest BCUT2D eigenvalue weighted by molar-refractivity contribution is 0.371. The third-order valence-corrected chi connectivity index (χ3v) is 3.73. The number of nitrogens with one attached hydrogen (secondary N) is 1. The van der Waals surface area contributed by atoms with Gasteiger partial charge in [0.25, 0.3) is 0 Å². The Morgan fingerprint density at radius 2 is 2.11 bits per heavy atom. The van der Waals surface area contributed by atoms with Gasteiger partial charge in [-0.05, 0) is 45.7 Å². The van der Waals surface area contributed by atoms with Crippen molar-refractivity contribution in [3.63, 3.8) is 0 Å². The molecule has 2 rings (SSSR count). The number of hydrogen-bond acceptors (Lipinski definition) is 5. The molecule has 2 heterocycles. The van der Waals surface area contributed by atoms with Crippen molar-refractivity contribution in [2.24, 2.45) is 5.92 Å². The largest absolute Gasteiger partial charge is 0.481 e. The van der Waals surface area contributed by atoms with Gasteiger partial charge in [0.15, 0.2) is 0 Å². The van der Waals surface area contributed by atoms with Gasteiger partial charge < -0.3 is 15.0 Å².